The van der Waals surface area contributed by atoms with Crippen LogP contribution in [0.5, 0.6) is 0 Å². The summed E-state index contributed by atoms with van der Waals surface area (Å²) in [7, 11) is -4.18. The van der Waals surface area contributed by atoms with E-state index in [1.54, 1.807) is 6.20 Å². The molecule has 0 saturated carbocycles. The number of aliphatic imine (C=N–C) groups is 2. The molecule has 6 nitrogen and oxygen atoms in total. The molecular formula is C11H18N2O4S. The second-order valence-electron chi connectivity index (χ2n) is 4.34. The lowest BCUT2D eigenvalue weighted by molar-refractivity contribution is 0.0588. The molecule has 0 radical (unpaired) electrons. The summed E-state index contributed by atoms with van der Waals surface area (Å²) in [6.45, 7) is 7.49. The highest BCUT2D eigenvalue weighted by Gasteiger charge is 2.38. The molecule has 0 amide bonds. The molecule has 7 heteroatoms. The first-order valence-electron chi connectivity index (χ1n) is 5.62. The maximum atomic E-state index is 11.3. The van der Waals surface area contributed by atoms with Gasteiger partial charge in [0, 0.05) is 12.8 Å². The van der Waals surface area contributed by atoms with E-state index in [1.165, 1.54) is 0 Å². The van der Waals surface area contributed by atoms with E-state index in [2.05, 4.69) is 16.7 Å². The van der Waals surface area contributed by atoms with Crippen LogP contribution in [0, 0.1) is 0 Å². The molecule has 18 heavy (non-hydrogen) atoms. The molecule has 0 bridgehead atoms. The zero-order valence-electron chi connectivity index (χ0n) is 10.5. The summed E-state index contributed by atoms with van der Waals surface area (Å²) < 4.78 is 37.2. The van der Waals surface area contributed by atoms with Gasteiger partial charge in [0.15, 0.2) is 5.84 Å². The number of hydrogen-bond acceptors (Lipinski definition) is 4. The third-order valence-electron chi connectivity index (χ3n) is 2.52. The summed E-state index contributed by atoms with van der Waals surface area (Å²) in [5, 5.41) is -1.03. The molecule has 1 heterocycles. The van der Waals surface area contributed by atoms with E-state index in [0.29, 0.717) is 19.4 Å². The van der Waals surface area contributed by atoms with Gasteiger partial charge in [-0.3, -0.25) is 4.55 Å². The van der Waals surface area contributed by atoms with Crippen molar-refractivity contribution >= 4 is 22.7 Å². The Morgan fingerprint density at radius 1 is 1.50 bits per heavy atom. The summed E-state index contributed by atoms with van der Waals surface area (Å²) in [4.78, 5) is 7.76. The predicted molar refractivity (Wildman–Crippen MR) is 70.7 cm³/mol. The zero-order valence-corrected chi connectivity index (χ0v) is 11.4. The third-order valence-corrected chi connectivity index (χ3v) is 3.77. The van der Waals surface area contributed by atoms with Crippen molar-refractivity contribution in [2.75, 3.05) is 6.61 Å². The Labute approximate surface area is 107 Å². The van der Waals surface area contributed by atoms with Gasteiger partial charge in [0.25, 0.3) is 10.1 Å². The molecule has 1 saturated heterocycles. The molecule has 1 aliphatic heterocycles. The second-order valence-corrected chi connectivity index (χ2v) is 5.97. The van der Waals surface area contributed by atoms with Gasteiger partial charge in [-0.2, -0.15) is 8.42 Å². The predicted octanol–water partition coefficient (Wildman–Crippen LogP) is 1.44. The maximum Gasteiger partial charge on any atom is 0.270 e. The van der Waals surface area contributed by atoms with Gasteiger partial charge in [0.05, 0.1) is 0 Å². The van der Waals surface area contributed by atoms with Crippen molar-refractivity contribution in [2.45, 2.75) is 38.0 Å². The molecule has 0 aromatic carbocycles. The van der Waals surface area contributed by atoms with Gasteiger partial charge in [0.1, 0.15) is 11.4 Å². The van der Waals surface area contributed by atoms with Crippen LogP contribution >= 0.6 is 0 Å². The van der Waals surface area contributed by atoms with Crippen molar-refractivity contribution < 1.29 is 17.7 Å². The Morgan fingerprint density at radius 2 is 2.17 bits per heavy atom. The smallest absolute Gasteiger partial charge is 0.270 e. The molecule has 1 rings (SSSR count). The summed E-state index contributed by atoms with van der Waals surface area (Å²) >= 11 is 0. The summed E-state index contributed by atoms with van der Waals surface area (Å²) in [6, 6.07) is 0. The monoisotopic (exact) mass is 274 g/mol. The molecule has 0 aliphatic carbocycles. The largest absolute Gasteiger partial charge is 0.369 e. The molecule has 0 aromatic rings. The van der Waals surface area contributed by atoms with E-state index in [1.807, 2.05) is 13.8 Å². The lowest BCUT2D eigenvalue weighted by Gasteiger charge is -2.28. The van der Waals surface area contributed by atoms with Gasteiger partial charge < -0.3 is 4.74 Å². The topological polar surface area (TPSA) is 88.3 Å². The van der Waals surface area contributed by atoms with Crippen molar-refractivity contribution in [3.05, 3.63) is 11.8 Å². The molecule has 1 aliphatic rings. The van der Waals surface area contributed by atoms with Crippen LogP contribution in [0.2, 0.25) is 0 Å². The van der Waals surface area contributed by atoms with Crippen LogP contribution in [0.1, 0.15) is 26.7 Å². The number of nitrogens with zero attached hydrogens (tertiary/aromatic N) is 2. The Hall–Kier alpha value is -1.05. The lowest BCUT2D eigenvalue weighted by atomic mass is 10.1. The average molecular weight is 274 g/mol. The molecule has 1 fully saturated rings. The quantitative estimate of drug-likeness (QED) is 0.479. The highest BCUT2D eigenvalue weighted by atomic mass is 32.2. The number of amidine groups is 1. The highest BCUT2D eigenvalue weighted by Crippen LogP contribution is 2.22. The number of rotatable bonds is 3. The maximum absolute atomic E-state index is 11.3. The van der Waals surface area contributed by atoms with Crippen LogP contribution in [0.4, 0.5) is 0 Å². The van der Waals surface area contributed by atoms with Crippen molar-refractivity contribution in [3.63, 3.8) is 0 Å². The summed E-state index contributed by atoms with van der Waals surface area (Å²) in [6.07, 6.45) is 1.60. The Bertz CT molecular complexity index is 463. The molecule has 102 valence electrons. The molecule has 1 N–H and O–H groups in total. The minimum absolute atomic E-state index is 0.179. The molecule has 0 aromatic heterocycles. The Balaban J connectivity index is 3.05. The van der Waals surface area contributed by atoms with Crippen molar-refractivity contribution in [3.8, 4) is 0 Å². The van der Waals surface area contributed by atoms with E-state index in [4.69, 9.17) is 4.74 Å². The van der Waals surface area contributed by atoms with E-state index in [0.717, 1.165) is 5.57 Å². The first-order chi connectivity index (χ1) is 8.36. The van der Waals surface area contributed by atoms with Gasteiger partial charge in [-0.25, -0.2) is 9.98 Å². The number of ether oxygens (including phenoxy) is 1. The van der Waals surface area contributed by atoms with E-state index < -0.39 is 21.5 Å². The van der Waals surface area contributed by atoms with Gasteiger partial charge >= 0.3 is 0 Å². The van der Waals surface area contributed by atoms with E-state index in [-0.39, 0.29) is 5.84 Å². The third kappa shape index (κ3) is 4.01. The number of allylic oxidation sites excluding steroid dienone is 1. The normalized spacial score (nSPS) is 25.6. The van der Waals surface area contributed by atoms with Crippen LogP contribution in [-0.2, 0) is 14.9 Å². The number of hydrogen-bond donors (Lipinski definition) is 1. The van der Waals surface area contributed by atoms with Crippen LogP contribution in [0.15, 0.2) is 21.8 Å². The van der Waals surface area contributed by atoms with Crippen molar-refractivity contribution in [2.24, 2.45) is 9.98 Å². The summed E-state index contributed by atoms with van der Waals surface area (Å²) in [5.41, 5.74) is 0.940. The Kier molecular flexibility index (Phi) is 5.18. The minimum atomic E-state index is -4.18. The molecule has 0 spiro atoms. The van der Waals surface area contributed by atoms with Gasteiger partial charge in [-0.15, -0.1) is 0 Å². The van der Waals surface area contributed by atoms with Crippen LogP contribution < -0.4 is 0 Å². The lowest BCUT2D eigenvalue weighted by Crippen LogP contribution is -2.44. The van der Waals surface area contributed by atoms with Crippen LogP contribution in [0.3, 0.4) is 0 Å². The fourth-order valence-corrected chi connectivity index (χ4v) is 2.68. The molecular weight excluding hydrogens is 256 g/mol. The fraction of sp³-hybridized carbons (Fsp3) is 0.636. The Morgan fingerprint density at radius 3 is 2.67 bits per heavy atom. The van der Waals surface area contributed by atoms with E-state index in [9.17, 15) is 13.0 Å². The molecule has 2 atom stereocenters. The fourth-order valence-electron chi connectivity index (χ4n) is 1.70. The SMILES string of the molecule is C=NC(=NC=C(C)C)[C@@H]1OCCC[C@H]1S(=O)(=O)O. The van der Waals surface area contributed by atoms with Gasteiger partial charge in [-0.05, 0) is 33.4 Å². The highest BCUT2D eigenvalue weighted by molar-refractivity contribution is 7.86. The summed E-state index contributed by atoms with van der Waals surface area (Å²) in [5.74, 6) is 0.179. The minimum Gasteiger partial charge on any atom is -0.369 e. The van der Waals surface area contributed by atoms with Crippen LogP contribution in [0.25, 0.3) is 0 Å². The molecule has 0 unspecified atom stereocenters. The standard InChI is InChI=1S/C11H18N2O4S/c1-8(2)7-13-11(12-3)10-9(18(14,15)16)5-4-6-17-10/h7,9-10H,3-6H2,1-2H3,(H,14,15,16)/t9-,10-/m1/s1. The van der Waals surface area contributed by atoms with Crippen molar-refractivity contribution in [1.82, 2.24) is 0 Å². The first kappa shape index (κ1) is 15.0. The average Bonchev–Trinajstić information content (AvgIpc) is 2.29. The first-order valence-corrected chi connectivity index (χ1v) is 7.12. The van der Waals surface area contributed by atoms with Gasteiger partial charge in [-0.1, -0.05) is 5.57 Å². The van der Waals surface area contributed by atoms with E-state index >= 15 is 0 Å². The van der Waals surface area contributed by atoms with Gasteiger partial charge in [0.2, 0.25) is 0 Å². The second kappa shape index (κ2) is 6.21. The van der Waals surface area contributed by atoms with Crippen LogP contribution in [-0.4, -0.2) is 43.5 Å². The van der Waals surface area contributed by atoms with Crippen molar-refractivity contribution in [1.29, 1.82) is 0 Å². The zero-order chi connectivity index (χ0) is 13.8.